The Kier molecular flexibility index (Phi) is 5.76. The Labute approximate surface area is 195 Å². The van der Waals surface area contributed by atoms with E-state index in [1.807, 2.05) is 6.07 Å². The fourth-order valence-corrected chi connectivity index (χ4v) is 4.14. The summed E-state index contributed by atoms with van der Waals surface area (Å²) < 4.78 is 16.1. The smallest absolute Gasteiger partial charge is 0.305 e. The SMILES string of the molecule is COc1cc2c(cc1OC)C(=O)N(c1nc(C(=O)Nc3cnccc3N3CCNCC3)co1)C2. The van der Waals surface area contributed by atoms with Gasteiger partial charge in [0.1, 0.15) is 6.26 Å². The van der Waals surface area contributed by atoms with Gasteiger partial charge in [0.15, 0.2) is 17.2 Å². The van der Waals surface area contributed by atoms with Crippen molar-refractivity contribution < 1.29 is 23.5 Å². The fourth-order valence-electron chi connectivity index (χ4n) is 4.14. The maximum absolute atomic E-state index is 13.0. The summed E-state index contributed by atoms with van der Waals surface area (Å²) in [7, 11) is 3.05. The van der Waals surface area contributed by atoms with Crippen molar-refractivity contribution >= 4 is 29.2 Å². The minimum absolute atomic E-state index is 0.0396. The zero-order chi connectivity index (χ0) is 23.7. The molecule has 0 unspecified atom stereocenters. The minimum Gasteiger partial charge on any atom is -0.493 e. The monoisotopic (exact) mass is 464 g/mol. The first-order valence-corrected chi connectivity index (χ1v) is 10.8. The molecule has 0 atom stereocenters. The van der Waals surface area contributed by atoms with E-state index in [4.69, 9.17) is 13.9 Å². The second-order valence-electron chi connectivity index (χ2n) is 7.85. The van der Waals surface area contributed by atoms with E-state index >= 15 is 0 Å². The molecule has 5 rings (SSSR count). The van der Waals surface area contributed by atoms with Crippen LogP contribution in [0.4, 0.5) is 17.4 Å². The summed E-state index contributed by atoms with van der Waals surface area (Å²) in [4.78, 5) is 37.8. The van der Waals surface area contributed by atoms with Gasteiger partial charge in [0.25, 0.3) is 11.8 Å². The van der Waals surface area contributed by atoms with Crippen molar-refractivity contribution in [3.8, 4) is 11.5 Å². The van der Waals surface area contributed by atoms with Crippen molar-refractivity contribution in [1.29, 1.82) is 0 Å². The second-order valence-corrected chi connectivity index (χ2v) is 7.85. The third-order valence-corrected chi connectivity index (χ3v) is 5.87. The number of methoxy groups -OCH3 is 2. The van der Waals surface area contributed by atoms with Crippen LogP contribution in [0.2, 0.25) is 0 Å². The van der Waals surface area contributed by atoms with E-state index in [1.165, 1.54) is 25.4 Å². The van der Waals surface area contributed by atoms with Crippen LogP contribution in [0.15, 0.2) is 41.3 Å². The Bertz CT molecular complexity index is 1240. The van der Waals surface area contributed by atoms with Crippen LogP contribution in [-0.2, 0) is 6.54 Å². The number of piperazine rings is 1. The van der Waals surface area contributed by atoms with Gasteiger partial charge in [-0.2, -0.15) is 4.98 Å². The van der Waals surface area contributed by atoms with Crippen molar-refractivity contribution in [2.45, 2.75) is 6.54 Å². The number of pyridine rings is 1. The van der Waals surface area contributed by atoms with Gasteiger partial charge < -0.3 is 29.4 Å². The molecule has 1 fully saturated rings. The Balaban J connectivity index is 1.34. The summed E-state index contributed by atoms with van der Waals surface area (Å²) in [6.07, 6.45) is 4.54. The molecule has 2 aliphatic heterocycles. The van der Waals surface area contributed by atoms with Gasteiger partial charge in [-0.3, -0.25) is 19.5 Å². The van der Waals surface area contributed by atoms with Crippen molar-refractivity contribution in [1.82, 2.24) is 15.3 Å². The quantitative estimate of drug-likeness (QED) is 0.563. The molecule has 0 bridgehead atoms. The Morgan fingerprint density at radius 3 is 2.71 bits per heavy atom. The molecule has 0 saturated carbocycles. The zero-order valence-corrected chi connectivity index (χ0v) is 18.8. The normalized spacial score (nSPS) is 15.3. The molecule has 176 valence electrons. The van der Waals surface area contributed by atoms with Gasteiger partial charge in [-0.05, 0) is 23.8 Å². The van der Waals surface area contributed by atoms with E-state index < -0.39 is 5.91 Å². The van der Waals surface area contributed by atoms with Crippen molar-refractivity contribution in [2.75, 3.05) is 55.5 Å². The average Bonchev–Trinajstić information content (AvgIpc) is 3.49. The molecule has 34 heavy (non-hydrogen) atoms. The first kappa shape index (κ1) is 21.7. The molecule has 1 aromatic carbocycles. The maximum Gasteiger partial charge on any atom is 0.305 e. The molecule has 3 aromatic rings. The molecule has 2 amide bonds. The predicted molar refractivity (Wildman–Crippen MR) is 124 cm³/mol. The number of rotatable bonds is 6. The number of benzene rings is 1. The second kappa shape index (κ2) is 9.02. The Hall–Kier alpha value is -4.12. The highest BCUT2D eigenvalue weighted by Crippen LogP contribution is 2.36. The van der Waals surface area contributed by atoms with Crippen molar-refractivity contribution in [2.24, 2.45) is 0 Å². The van der Waals surface area contributed by atoms with Crippen LogP contribution in [0.3, 0.4) is 0 Å². The molecule has 11 heteroatoms. The van der Waals surface area contributed by atoms with Gasteiger partial charge >= 0.3 is 6.01 Å². The van der Waals surface area contributed by atoms with Crippen LogP contribution in [0, 0.1) is 0 Å². The molecule has 11 nitrogen and oxygen atoms in total. The molecule has 0 aliphatic carbocycles. The van der Waals surface area contributed by atoms with Gasteiger partial charge in [-0.25, -0.2) is 0 Å². The van der Waals surface area contributed by atoms with E-state index in [1.54, 1.807) is 24.5 Å². The molecule has 0 radical (unpaired) electrons. The summed E-state index contributed by atoms with van der Waals surface area (Å²) in [5, 5.41) is 6.17. The van der Waals surface area contributed by atoms with E-state index in [-0.39, 0.29) is 24.2 Å². The van der Waals surface area contributed by atoms with E-state index in [9.17, 15) is 9.59 Å². The average molecular weight is 464 g/mol. The zero-order valence-electron chi connectivity index (χ0n) is 18.8. The lowest BCUT2D eigenvalue weighted by Crippen LogP contribution is -2.43. The highest BCUT2D eigenvalue weighted by atomic mass is 16.5. The van der Waals surface area contributed by atoms with Crippen LogP contribution >= 0.6 is 0 Å². The number of oxazole rings is 1. The van der Waals surface area contributed by atoms with Crippen molar-refractivity contribution in [3.63, 3.8) is 0 Å². The highest BCUT2D eigenvalue weighted by Gasteiger charge is 2.33. The topological polar surface area (TPSA) is 122 Å². The number of hydrogen-bond donors (Lipinski definition) is 2. The first-order valence-electron chi connectivity index (χ1n) is 10.8. The maximum atomic E-state index is 13.0. The van der Waals surface area contributed by atoms with E-state index in [2.05, 4.69) is 25.5 Å². The number of nitrogens with one attached hydrogen (secondary N) is 2. The first-order chi connectivity index (χ1) is 16.6. The molecule has 2 N–H and O–H groups in total. The van der Waals surface area contributed by atoms with Gasteiger partial charge in [-0.1, -0.05) is 0 Å². The highest BCUT2D eigenvalue weighted by molar-refractivity contribution is 6.10. The molecule has 0 spiro atoms. The molecular formula is C23H24N6O5. The molecular weight excluding hydrogens is 440 g/mol. The summed E-state index contributed by atoms with van der Waals surface area (Å²) in [6.45, 7) is 3.63. The number of carbonyl (C=O) groups excluding carboxylic acids is 2. The minimum atomic E-state index is -0.452. The summed E-state index contributed by atoms with van der Waals surface area (Å²) in [6, 6.07) is 5.30. The van der Waals surface area contributed by atoms with Gasteiger partial charge in [0.2, 0.25) is 0 Å². The van der Waals surface area contributed by atoms with E-state index in [0.29, 0.717) is 22.7 Å². The van der Waals surface area contributed by atoms with Gasteiger partial charge in [0, 0.05) is 37.9 Å². The summed E-state index contributed by atoms with van der Waals surface area (Å²) in [5.74, 6) is 0.241. The largest absolute Gasteiger partial charge is 0.493 e. The van der Waals surface area contributed by atoms with Crippen LogP contribution < -0.4 is 29.9 Å². The lowest BCUT2D eigenvalue weighted by molar-refractivity contribution is 0.0988. The van der Waals surface area contributed by atoms with Crippen LogP contribution in [0.5, 0.6) is 11.5 Å². The van der Waals surface area contributed by atoms with Crippen LogP contribution in [0.1, 0.15) is 26.4 Å². The number of carbonyl (C=O) groups is 2. The summed E-state index contributed by atoms with van der Waals surface area (Å²) >= 11 is 0. The number of ether oxygens (including phenoxy) is 2. The third kappa shape index (κ3) is 3.90. The van der Waals surface area contributed by atoms with E-state index in [0.717, 1.165) is 37.4 Å². The lowest BCUT2D eigenvalue weighted by Gasteiger charge is -2.30. The van der Waals surface area contributed by atoms with Crippen molar-refractivity contribution in [3.05, 3.63) is 53.7 Å². The Morgan fingerprint density at radius 2 is 1.94 bits per heavy atom. The number of hydrogen-bond acceptors (Lipinski definition) is 9. The fraction of sp³-hybridized carbons (Fsp3) is 0.304. The lowest BCUT2D eigenvalue weighted by atomic mass is 10.1. The molecule has 2 aromatic heterocycles. The third-order valence-electron chi connectivity index (χ3n) is 5.87. The van der Waals surface area contributed by atoms with Gasteiger partial charge in [-0.15, -0.1) is 0 Å². The molecule has 4 heterocycles. The number of amides is 2. The number of nitrogens with zero attached hydrogens (tertiary/aromatic N) is 4. The van der Waals surface area contributed by atoms with Gasteiger partial charge in [0.05, 0.1) is 38.3 Å². The number of fused-ring (bicyclic) bond motifs is 1. The number of anilines is 3. The number of aromatic nitrogens is 2. The standard InChI is InChI=1S/C23H24N6O5/c1-32-19-9-14-12-29(22(31)15(14)10-20(19)33-2)23-27-17(13-34-23)21(30)26-16-11-25-4-3-18(16)28-7-5-24-6-8-28/h3-4,9-11,13,24H,5-8,12H2,1-2H3,(H,26,30). The summed E-state index contributed by atoms with van der Waals surface area (Å²) in [5.41, 5.74) is 2.76. The molecule has 2 aliphatic rings. The van der Waals surface area contributed by atoms with Crippen LogP contribution in [-0.4, -0.2) is 62.2 Å². The predicted octanol–water partition coefficient (Wildman–Crippen LogP) is 1.91. The Morgan fingerprint density at radius 1 is 1.18 bits per heavy atom. The molecule has 1 saturated heterocycles. The van der Waals surface area contributed by atoms with Crippen LogP contribution in [0.25, 0.3) is 0 Å².